The van der Waals surface area contributed by atoms with E-state index in [4.69, 9.17) is 0 Å². The van der Waals surface area contributed by atoms with Gasteiger partial charge in [-0.15, -0.1) is 0 Å². The van der Waals surface area contributed by atoms with Crippen molar-refractivity contribution in [3.8, 4) is 0 Å². The number of hydrogen-bond donors (Lipinski definition) is 1. The highest BCUT2D eigenvalue weighted by Gasteiger charge is 2.13. The van der Waals surface area contributed by atoms with Crippen molar-refractivity contribution in [3.63, 3.8) is 0 Å². The molecule has 4 aromatic rings. The Morgan fingerprint density at radius 3 is 2.42 bits per heavy atom. The number of fused-ring (bicyclic) bond motifs is 1. The summed E-state index contributed by atoms with van der Waals surface area (Å²) in [6.07, 6.45) is 4.00. The quantitative estimate of drug-likeness (QED) is 0.577. The smallest absolute Gasteiger partial charge is 0.180 e. The normalized spacial score (nSPS) is 12.0. The standard InChI is InChI=1S/C21H17FN4/c22-17-8-6-15(7-9-17)14-19(16-4-2-1-3-5-16)25-20-11-10-18-21(26-20)24-13-12-23-18/h1-13,19H,14H2,(H,24,25,26). The van der Waals surface area contributed by atoms with Gasteiger partial charge in [-0.25, -0.2) is 14.4 Å². The molecule has 1 unspecified atom stereocenters. The molecule has 0 amide bonds. The van der Waals surface area contributed by atoms with Gasteiger partial charge in [-0.1, -0.05) is 42.5 Å². The Labute approximate surface area is 150 Å². The Bertz CT molecular complexity index is 1000. The van der Waals surface area contributed by atoms with E-state index in [1.54, 1.807) is 12.4 Å². The molecule has 26 heavy (non-hydrogen) atoms. The first-order valence-electron chi connectivity index (χ1n) is 8.42. The summed E-state index contributed by atoms with van der Waals surface area (Å²) in [7, 11) is 0. The van der Waals surface area contributed by atoms with E-state index in [0.29, 0.717) is 12.1 Å². The van der Waals surface area contributed by atoms with E-state index in [1.807, 2.05) is 42.5 Å². The molecular formula is C21H17FN4. The molecule has 128 valence electrons. The zero-order valence-corrected chi connectivity index (χ0v) is 14.0. The van der Waals surface area contributed by atoms with Crippen LogP contribution in [0.5, 0.6) is 0 Å². The van der Waals surface area contributed by atoms with Crippen molar-refractivity contribution in [2.75, 3.05) is 5.32 Å². The van der Waals surface area contributed by atoms with Gasteiger partial charge in [-0.3, -0.25) is 4.98 Å². The summed E-state index contributed by atoms with van der Waals surface area (Å²) in [5.74, 6) is 0.502. The number of anilines is 1. The van der Waals surface area contributed by atoms with Crippen LogP contribution in [-0.2, 0) is 6.42 Å². The van der Waals surface area contributed by atoms with Gasteiger partial charge in [-0.05, 0) is 41.8 Å². The van der Waals surface area contributed by atoms with E-state index < -0.39 is 0 Å². The van der Waals surface area contributed by atoms with Crippen LogP contribution in [0, 0.1) is 5.82 Å². The Morgan fingerprint density at radius 1 is 0.846 bits per heavy atom. The van der Waals surface area contributed by atoms with Crippen molar-refractivity contribution in [1.82, 2.24) is 15.0 Å². The van der Waals surface area contributed by atoms with E-state index in [9.17, 15) is 4.39 Å². The van der Waals surface area contributed by atoms with Crippen LogP contribution in [0.15, 0.2) is 79.1 Å². The highest BCUT2D eigenvalue weighted by molar-refractivity contribution is 5.71. The lowest BCUT2D eigenvalue weighted by Gasteiger charge is -2.20. The summed E-state index contributed by atoms with van der Waals surface area (Å²) < 4.78 is 13.2. The van der Waals surface area contributed by atoms with Gasteiger partial charge in [0.05, 0.1) is 6.04 Å². The Hall–Kier alpha value is -3.34. The number of halogens is 1. The lowest BCUT2D eigenvalue weighted by molar-refractivity contribution is 0.626. The van der Waals surface area contributed by atoms with Crippen LogP contribution in [0.2, 0.25) is 0 Å². The third-order valence-electron chi connectivity index (χ3n) is 4.21. The van der Waals surface area contributed by atoms with E-state index >= 15 is 0 Å². The zero-order chi connectivity index (χ0) is 17.8. The van der Waals surface area contributed by atoms with Gasteiger partial charge >= 0.3 is 0 Å². The number of pyridine rings is 1. The molecule has 4 rings (SSSR count). The fourth-order valence-corrected chi connectivity index (χ4v) is 2.91. The van der Waals surface area contributed by atoms with Crippen LogP contribution in [0.25, 0.3) is 11.2 Å². The third-order valence-corrected chi connectivity index (χ3v) is 4.21. The second-order valence-corrected chi connectivity index (χ2v) is 6.03. The van der Waals surface area contributed by atoms with Crippen LogP contribution in [0.1, 0.15) is 17.2 Å². The summed E-state index contributed by atoms with van der Waals surface area (Å²) in [5.41, 5.74) is 3.55. The van der Waals surface area contributed by atoms with Gasteiger partial charge < -0.3 is 5.32 Å². The van der Waals surface area contributed by atoms with E-state index in [0.717, 1.165) is 22.5 Å². The molecule has 0 aliphatic carbocycles. The van der Waals surface area contributed by atoms with Crippen molar-refractivity contribution in [2.24, 2.45) is 0 Å². The maximum Gasteiger partial charge on any atom is 0.180 e. The lowest BCUT2D eigenvalue weighted by Crippen LogP contribution is -2.14. The molecule has 2 aromatic heterocycles. The summed E-state index contributed by atoms with van der Waals surface area (Å²) in [4.78, 5) is 13.1. The minimum atomic E-state index is -0.229. The van der Waals surface area contributed by atoms with E-state index in [-0.39, 0.29) is 11.9 Å². The molecule has 1 atom stereocenters. The van der Waals surface area contributed by atoms with Gasteiger partial charge in [-0.2, -0.15) is 0 Å². The number of benzene rings is 2. The first-order chi connectivity index (χ1) is 12.8. The van der Waals surface area contributed by atoms with Crippen molar-refractivity contribution in [2.45, 2.75) is 12.5 Å². The Kier molecular flexibility index (Phi) is 4.51. The predicted octanol–water partition coefficient (Wildman–Crippen LogP) is 4.56. The van der Waals surface area contributed by atoms with Crippen molar-refractivity contribution >= 4 is 17.0 Å². The monoisotopic (exact) mass is 344 g/mol. The van der Waals surface area contributed by atoms with Gasteiger partial charge in [0.2, 0.25) is 0 Å². The fourth-order valence-electron chi connectivity index (χ4n) is 2.91. The number of rotatable bonds is 5. The number of nitrogens with zero attached hydrogens (tertiary/aromatic N) is 3. The van der Waals surface area contributed by atoms with E-state index in [2.05, 4.69) is 32.4 Å². The maximum absolute atomic E-state index is 13.2. The molecule has 2 heterocycles. The molecule has 0 fully saturated rings. The van der Waals surface area contributed by atoms with Crippen molar-refractivity contribution in [3.05, 3.63) is 96.1 Å². The molecule has 0 aliphatic heterocycles. The molecule has 0 radical (unpaired) electrons. The lowest BCUT2D eigenvalue weighted by atomic mass is 9.99. The molecule has 1 N–H and O–H groups in total. The largest absolute Gasteiger partial charge is 0.363 e. The summed E-state index contributed by atoms with van der Waals surface area (Å²) >= 11 is 0. The molecule has 0 bridgehead atoms. The second-order valence-electron chi connectivity index (χ2n) is 6.03. The minimum absolute atomic E-state index is 0.00304. The molecule has 0 aliphatic rings. The number of nitrogens with one attached hydrogen (secondary N) is 1. The number of hydrogen-bond acceptors (Lipinski definition) is 4. The third kappa shape index (κ3) is 3.67. The molecular weight excluding hydrogens is 327 g/mol. The highest BCUT2D eigenvalue weighted by Crippen LogP contribution is 2.23. The van der Waals surface area contributed by atoms with Gasteiger partial charge in [0.1, 0.15) is 17.2 Å². The maximum atomic E-state index is 13.2. The summed E-state index contributed by atoms with van der Waals surface area (Å²) in [6.45, 7) is 0. The fraction of sp³-hybridized carbons (Fsp3) is 0.0952. The molecule has 5 heteroatoms. The van der Waals surface area contributed by atoms with Crippen molar-refractivity contribution < 1.29 is 4.39 Å². The molecule has 0 saturated heterocycles. The topological polar surface area (TPSA) is 50.7 Å². The van der Waals surface area contributed by atoms with Crippen LogP contribution >= 0.6 is 0 Å². The predicted molar refractivity (Wildman–Crippen MR) is 100 cm³/mol. The van der Waals surface area contributed by atoms with Crippen LogP contribution in [0.4, 0.5) is 10.2 Å². The Balaban J connectivity index is 1.64. The van der Waals surface area contributed by atoms with Crippen LogP contribution < -0.4 is 5.32 Å². The first kappa shape index (κ1) is 16.1. The minimum Gasteiger partial charge on any atom is -0.363 e. The van der Waals surface area contributed by atoms with Gasteiger partial charge in [0, 0.05) is 12.4 Å². The number of aromatic nitrogens is 3. The molecule has 4 nitrogen and oxygen atoms in total. The molecule has 0 spiro atoms. The SMILES string of the molecule is Fc1ccc(CC(Nc2ccc3nccnc3n2)c2ccccc2)cc1. The van der Waals surface area contributed by atoms with Crippen LogP contribution in [0.3, 0.4) is 0 Å². The highest BCUT2D eigenvalue weighted by atomic mass is 19.1. The molecule has 0 saturated carbocycles. The molecule has 2 aromatic carbocycles. The van der Waals surface area contributed by atoms with Gasteiger partial charge in [0.15, 0.2) is 5.65 Å². The zero-order valence-electron chi connectivity index (χ0n) is 14.0. The van der Waals surface area contributed by atoms with Gasteiger partial charge in [0.25, 0.3) is 0 Å². The van der Waals surface area contributed by atoms with E-state index in [1.165, 1.54) is 12.1 Å². The summed E-state index contributed by atoms with van der Waals surface area (Å²) in [5, 5.41) is 3.48. The average Bonchev–Trinajstić information content (AvgIpc) is 2.70. The second kappa shape index (κ2) is 7.27. The van der Waals surface area contributed by atoms with Crippen LogP contribution in [-0.4, -0.2) is 15.0 Å². The Morgan fingerprint density at radius 2 is 1.62 bits per heavy atom. The van der Waals surface area contributed by atoms with Crippen molar-refractivity contribution in [1.29, 1.82) is 0 Å². The first-order valence-corrected chi connectivity index (χ1v) is 8.42. The summed E-state index contributed by atoms with van der Waals surface area (Å²) in [6, 6.07) is 20.5. The average molecular weight is 344 g/mol.